The van der Waals surface area contributed by atoms with E-state index in [0.717, 1.165) is 32.2 Å². The Morgan fingerprint density at radius 2 is 1.89 bits per heavy atom. The first-order valence-corrected chi connectivity index (χ1v) is 10.1. The average Bonchev–Trinajstić information content (AvgIpc) is 2.55. The van der Waals surface area contributed by atoms with Crippen molar-refractivity contribution in [2.75, 3.05) is 6.54 Å². The molecule has 0 unspecified atom stereocenters. The Labute approximate surface area is 112 Å². The van der Waals surface area contributed by atoms with E-state index in [2.05, 4.69) is 38.8 Å². The van der Waals surface area contributed by atoms with E-state index in [1.807, 2.05) is 0 Å². The van der Waals surface area contributed by atoms with Gasteiger partial charge in [0.15, 0.2) is 8.32 Å². The molecule has 0 aromatic rings. The molecule has 18 heavy (non-hydrogen) atoms. The molecule has 4 heteroatoms. The zero-order valence-electron chi connectivity index (χ0n) is 12.5. The van der Waals surface area contributed by atoms with Crippen molar-refractivity contribution in [3.05, 3.63) is 0 Å². The second-order valence-corrected chi connectivity index (χ2v) is 12.1. The van der Waals surface area contributed by atoms with Crippen molar-refractivity contribution >= 4 is 14.2 Å². The third-order valence-electron chi connectivity index (χ3n) is 4.89. The van der Waals surface area contributed by atoms with Crippen molar-refractivity contribution in [3.63, 3.8) is 0 Å². The van der Waals surface area contributed by atoms with Crippen LogP contribution in [0.3, 0.4) is 0 Å². The number of likely N-dealkylation sites (tertiary alicyclic amines) is 1. The van der Waals surface area contributed by atoms with E-state index in [1.54, 1.807) is 0 Å². The van der Waals surface area contributed by atoms with Gasteiger partial charge < -0.3 is 9.33 Å². The summed E-state index contributed by atoms with van der Waals surface area (Å²) in [5.41, 5.74) is 0. The van der Waals surface area contributed by atoms with Gasteiger partial charge in [0, 0.05) is 25.1 Å². The van der Waals surface area contributed by atoms with Gasteiger partial charge in [0.2, 0.25) is 5.91 Å². The summed E-state index contributed by atoms with van der Waals surface area (Å²) in [7, 11) is -1.63. The van der Waals surface area contributed by atoms with Gasteiger partial charge in [-0.1, -0.05) is 20.8 Å². The Morgan fingerprint density at radius 3 is 2.33 bits per heavy atom. The van der Waals surface area contributed by atoms with Gasteiger partial charge in [-0.3, -0.25) is 4.79 Å². The zero-order valence-corrected chi connectivity index (χ0v) is 13.5. The molecule has 0 N–H and O–H groups in total. The predicted molar refractivity (Wildman–Crippen MR) is 76.0 cm³/mol. The molecule has 0 aromatic heterocycles. The summed E-state index contributed by atoms with van der Waals surface area (Å²) < 4.78 is 6.36. The minimum absolute atomic E-state index is 0.279. The van der Waals surface area contributed by atoms with E-state index in [1.165, 1.54) is 0 Å². The van der Waals surface area contributed by atoms with Crippen molar-refractivity contribution < 1.29 is 9.22 Å². The van der Waals surface area contributed by atoms with E-state index < -0.39 is 8.32 Å². The predicted octanol–water partition coefficient (Wildman–Crippen LogP) is 3.16. The molecule has 3 nitrogen and oxygen atoms in total. The summed E-state index contributed by atoms with van der Waals surface area (Å²) in [5, 5.41) is 0.279. The third-order valence-corrected chi connectivity index (χ3v) is 9.42. The maximum Gasteiger partial charge on any atom is 0.222 e. The van der Waals surface area contributed by atoms with Crippen LogP contribution in [-0.4, -0.2) is 37.8 Å². The summed E-state index contributed by atoms with van der Waals surface area (Å²) in [6.45, 7) is 12.4. The number of rotatable bonds is 3. The van der Waals surface area contributed by atoms with Crippen LogP contribution in [0, 0.1) is 0 Å². The topological polar surface area (TPSA) is 29.5 Å². The third kappa shape index (κ3) is 2.64. The smallest absolute Gasteiger partial charge is 0.222 e. The Kier molecular flexibility index (Phi) is 3.62. The van der Waals surface area contributed by atoms with Gasteiger partial charge in [-0.25, -0.2) is 0 Å². The molecule has 2 rings (SSSR count). The maximum absolute atomic E-state index is 11.7. The second-order valence-electron chi connectivity index (χ2n) is 7.32. The molecule has 0 radical (unpaired) electrons. The fourth-order valence-electron chi connectivity index (χ4n) is 2.54. The summed E-state index contributed by atoms with van der Waals surface area (Å²) in [6.07, 6.45) is 4.30. The first-order valence-electron chi connectivity index (χ1n) is 7.18. The lowest BCUT2D eigenvalue weighted by Crippen LogP contribution is -2.53. The summed E-state index contributed by atoms with van der Waals surface area (Å²) in [5.74, 6) is 0.353. The number of hydrogen-bond donors (Lipinski definition) is 0. The van der Waals surface area contributed by atoms with Crippen LogP contribution in [0.4, 0.5) is 0 Å². The van der Waals surface area contributed by atoms with Crippen LogP contribution in [0.2, 0.25) is 18.1 Å². The maximum atomic E-state index is 11.7. The number of amides is 1. The van der Waals surface area contributed by atoms with Gasteiger partial charge in [-0.15, -0.1) is 0 Å². The van der Waals surface area contributed by atoms with Crippen LogP contribution < -0.4 is 0 Å². The monoisotopic (exact) mass is 269 g/mol. The minimum Gasteiger partial charge on any atom is -0.414 e. The van der Waals surface area contributed by atoms with E-state index in [0.29, 0.717) is 18.1 Å². The average molecular weight is 269 g/mol. The van der Waals surface area contributed by atoms with Gasteiger partial charge >= 0.3 is 0 Å². The number of nitrogens with zero attached hydrogens (tertiary/aromatic N) is 1. The van der Waals surface area contributed by atoms with Crippen LogP contribution in [0.5, 0.6) is 0 Å². The van der Waals surface area contributed by atoms with Crippen LogP contribution in [0.25, 0.3) is 0 Å². The highest BCUT2D eigenvalue weighted by atomic mass is 28.4. The molecular formula is C14H27NO2Si. The molecule has 0 aromatic carbocycles. The highest BCUT2D eigenvalue weighted by molar-refractivity contribution is 6.74. The largest absolute Gasteiger partial charge is 0.414 e. The zero-order chi connectivity index (χ0) is 13.6. The molecule has 1 aliphatic heterocycles. The SMILES string of the molecule is CC(C)(C)[Si](C)(C)OC1CC(N2CCCC2=O)C1. The molecule has 0 bridgehead atoms. The molecule has 2 fully saturated rings. The lowest BCUT2D eigenvalue weighted by atomic mass is 9.88. The molecule has 1 saturated heterocycles. The van der Waals surface area contributed by atoms with E-state index >= 15 is 0 Å². The molecule has 1 saturated carbocycles. The molecule has 1 aliphatic carbocycles. The van der Waals surface area contributed by atoms with E-state index in [-0.39, 0.29) is 5.04 Å². The van der Waals surface area contributed by atoms with Gasteiger partial charge in [0.1, 0.15) is 0 Å². The van der Waals surface area contributed by atoms with Crippen LogP contribution in [-0.2, 0) is 9.22 Å². The van der Waals surface area contributed by atoms with Crippen molar-refractivity contribution in [2.24, 2.45) is 0 Å². The number of hydrogen-bond acceptors (Lipinski definition) is 2. The van der Waals surface area contributed by atoms with Crippen LogP contribution in [0.15, 0.2) is 0 Å². The van der Waals surface area contributed by atoms with Gasteiger partial charge in [-0.05, 0) is 37.4 Å². The van der Waals surface area contributed by atoms with Crippen molar-refractivity contribution in [1.29, 1.82) is 0 Å². The Hall–Kier alpha value is -0.353. The van der Waals surface area contributed by atoms with Crippen molar-refractivity contribution in [1.82, 2.24) is 4.90 Å². The highest BCUT2D eigenvalue weighted by Crippen LogP contribution is 2.41. The minimum atomic E-state index is -1.63. The summed E-state index contributed by atoms with van der Waals surface area (Å²) >= 11 is 0. The molecule has 1 heterocycles. The second kappa shape index (κ2) is 4.64. The van der Waals surface area contributed by atoms with Crippen molar-refractivity contribution in [3.8, 4) is 0 Å². The van der Waals surface area contributed by atoms with Gasteiger partial charge in [-0.2, -0.15) is 0 Å². The standard InChI is InChI=1S/C14H27NO2Si/c1-14(2,3)18(4,5)17-12-9-11(10-12)15-8-6-7-13(15)16/h11-12H,6-10H2,1-5H3. The lowest BCUT2D eigenvalue weighted by Gasteiger charge is -2.47. The lowest BCUT2D eigenvalue weighted by molar-refractivity contribution is -0.133. The quantitative estimate of drug-likeness (QED) is 0.737. The van der Waals surface area contributed by atoms with E-state index in [9.17, 15) is 4.79 Å². The first kappa shape index (κ1) is 14.1. The van der Waals surface area contributed by atoms with Gasteiger partial charge in [0.25, 0.3) is 0 Å². The van der Waals surface area contributed by atoms with Crippen molar-refractivity contribution in [2.45, 2.75) is 76.7 Å². The Morgan fingerprint density at radius 1 is 1.28 bits per heavy atom. The highest BCUT2D eigenvalue weighted by Gasteiger charge is 2.44. The van der Waals surface area contributed by atoms with Gasteiger partial charge in [0.05, 0.1) is 0 Å². The summed E-state index contributed by atoms with van der Waals surface area (Å²) in [6, 6.07) is 0.467. The molecule has 0 spiro atoms. The molecule has 1 amide bonds. The Balaban J connectivity index is 1.81. The van der Waals surface area contributed by atoms with E-state index in [4.69, 9.17) is 4.43 Å². The molecule has 2 aliphatic rings. The summed E-state index contributed by atoms with van der Waals surface area (Å²) in [4.78, 5) is 13.7. The normalized spacial score (nSPS) is 29.6. The fraction of sp³-hybridized carbons (Fsp3) is 0.929. The van der Waals surface area contributed by atoms with Crippen LogP contribution >= 0.6 is 0 Å². The molecule has 104 valence electrons. The fourth-order valence-corrected chi connectivity index (χ4v) is 3.92. The molecular weight excluding hydrogens is 242 g/mol. The first-order chi connectivity index (χ1) is 8.21. The Bertz CT molecular complexity index is 329. The number of carbonyl (C=O) groups excluding carboxylic acids is 1. The number of carbonyl (C=O) groups is 1. The van der Waals surface area contributed by atoms with Crippen LogP contribution in [0.1, 0.15) is 46.5 Å². The molecule has 0 atom stereocenters.